The molecule has 3 atom stereocenters. The fourth-order valence-corrected chi connectivity index (χ4v) is 7.52. The van der Waals surface area contributed by atoms with Gasteiger partial charge in [0.25, 0.3) is 10.0 Å². The van der Waals surface area contributed by atoms with Crippen LogP contribution in [-0.4, -0.2) is 99.5 Å². The number of nitrogens with zero attached hydrogens (tertiary/aromatic N) is 1. The average Bonchev–Trinajstić information content (AvgIpc) is 3.35. The minimum absolute atomic E-state index is 0.0144. The van der Waals surface area contributed by atoms with Gasteiger partial charge in [0, 0.05) is 38.7 Å². The number of aliphatic hydroxyl groups is 2. The molecule has 0 saturated carbocycles. The van der Waals surface area contributed by atoms with Gasteiger partial charge in [-0.1, -0.05) is 24.0 Å². The zero-order valence-corrected chi connectivity index (χ0v) is 28.2. The molecule has 1 aliphatic heterocycles. The van der Waals surface area contributed by atoms with Crippen LogP contribution in [0.25, 0.3) is 10.1 Å². The number of amides is 1. The van der Waals surface area contributed by atoms with Crippen molar-refractivity contribution in [1.82, 2.24) is 9.62 Å². The topological polar surface area (TPSA) is 140 Å². The molecule has 51 heavy (non-hydrogen) atoms. The summed E-state index contributed by atoms with van der Waals surface area (Å²) in [6.45, 7) is -1.61. The van der Waals surface area contributed by atoms with E-state index in [2.05, 4.69) is 27.2 Å². The molecule has 2 aromatic carbocycles. The molecule has 1 saturated heterocycles. The molecule has 1 amide bonds. The number of ether oxygens (including phenoxy) is 1. The highest BCUT2D eigenvalue weighted by Crippen LogP contribution is 2.40. The van der Waals surface area contributed by atoms with Crippen LogP contribution in [0, 0.1) is 17.7 Å². The van der Waals surface area contributed by atoms with Crippen LogP contribution in [0.4, 0.5) is 46.5 Å². The van der Waals surface area contributed by atoms with Crippen LogP contribution >= 0.6 is 11.3 Å². The van der Waals surface area contributed by atoms with E-state index in [1.54, 1.807) is 11.0 Å². The van der Waals surface area contributed by atoms with Crippen LogP contribution in [0.5, 0.6) is 5.75 Å². The summed E-state index contributed by atoms with van der Waals surface area (Å²) in [5.74, 6) is 1.83. The van der Waals surface area contributed by atoms with Crippen molar-refractivity contribution in [2.45, 2.75) is 55.3 Å². The Labute approximate surface area is 290 Å². The normalized spacial score (nSPS) is 17.8. The molecule has 1 aromatic heterocycles. The lowest BCUT2D eigenvalue weighted by molar-refractivity contribution is -0.153. The van der Waals surface area contributed by atoms with Crippen LogP contribution in [0.1, 0.15) is 23.8 Å². The van der Waals surface area contributed by atoms with Gasteiger partial charge >= 0.3 is 12.4 Å². The number of alkyl halides is 7. The molecular weight excluding hydrogens is 740 g/mol. The molecule has 0 bridgehead atoms. The molecule has 1 fully saturated rings. The molecule has 10 nitrogen and oxygen atoms in total. The maximum absolute atomic E-state index is 15.1. The lowest BCUT2D eigenvalue weighted by Gasteiger charge is -2.36. The molecule has 0 aliphatic carbocycles. The summed E-state index contributed by atoms with van der Waals surface area (Å²) in [6, 6.07) is 4.77. The van der Waals surface area contributed by atoms with Crippen LogP contribution in [0.3, 0.4) is 0 Å². The third-order valence-electron chi connectivity index (χ3n) is 7.40. The number of benzene rings is 2. The number of fused-ring (bicyclic) bond motifs is 1. The third kappa shape index (κ3) is 11.0. The van der Waals surface area contributed by atoms with Crippen molar-refractivity contribution in [3.63, 3.8) is 0 Å². The maximum atomic E-state index is 15.1. The number of anilines is 2. The second-order valence-corrected chi connectivity index (χ2v) is 14.2. The van der Waals surface area contributed by atoms with Gasteiger partial charge < -0.3 is 25.6 Å². The summed E-state index contributed by atoms with van der Waals surface area (Å²) in [5, 5.41) is 24.5. The Bertz CT molecular complexity index is 1890. The van der Waals surface area contributed by atoms with Crippen LogP contribution < -0.4 is 20.1 Å². The Morgan fingerprint density at radius 3 is 2.51 bits per heavy atom. The van der Waals surface area contributed by atoms with Crippen molar-refractivity contribution >= 4 is 48.7 Å². The molecule has 20 heteroatoms. The zero-order valence-electron chi connectivity index (χ0n) is 26.6. The molecule has 5 N–H and O–H groups in total. The van der Waals surface area contributed by atoms with Gasteiger partial charge in [0.05, 0.1) is 52.7 Å². The number of carbonyl (C=O) groups is 1. The highest BCUT2D eigenvalue weighted by molar-refractivity contribution is 7.90. The highest BCUT2D eigenvalue weighted by Gasteiger charge is 2.34. The number of rotatable bonds is 12. The molecule has 0 spiro atoms. The first-order valence-corrected chi connectivity index (χ1v) is 17.4. The van der Waals surface area contributed by atoms with E-state index in [4.69, 9.17) is 5.11 Å². The van der Waals surface area contributed by atoms with Crippen molar-refractivity contribution in [3.8, 4) is 17.6 Å². The standard InChI is InChI=1S/C31H32F8N4O6S2/c1-17(45)42-51(47,48)28-11-26(49-16-31(37,38)39)25(10-21(28)32)40-8-3-6-27-20(12-30(34,35)36)19-4-2-5-24(29(19)50-27)41-23-7-9-43(14-22(23)33)13-18(46)15-44/h2,4-5,10-11,18,22-23,40-41,44,46H,7-9,12-16H2,1H3,(H,42,45). The molecular formula is C31H32F8N4O6S2. The number of thiophene rings is 1. The second kappa shape index (κ2) is 16.2. The van der Waals surface area contributed by atoms with E-state index < -0.39 is 94.9 Å². The highest BCUT2D eigenvalue weighted by atomic mass is 32.2. The van der Waals surface area contributed by atoms with Gasteiger partial charge in [-0.2, -0.15) is 26.3 Å². The lowest BCUT2D eigenvalue weighted by Crippen LogP contribution is -2.50. The van der Waals surface area contributed by atoms with Gasteiger partial charge in [0.2, 0.25) is 5.91 Å². The monoisotopic (exact) mass is 772 g/mol. The van der Waals surface area contributed by atoms with Gasteiger partial charge in [-0.3, -0.25) is 9.69 Å². The number of β-amino-alcohol motifs (C(OH)–C–C–N with tert-alkyl or cyclic N) is 1. The van der Waals surface area contributed by atoms with Crippen molar-refractivity contribution in [3.05, 3.63) is 46.6 Å². The predicted molar refractivity (Wildman–Crippen MR) is 172 cm³/mol. The quantitative estimate of drug-likeness (QED) is 0.133. The van der Waals surface area contributed by atoms with Crippen molar-refractivity contribution in [1.29, 1.82) is 0 Å². The summed E-state index contributed by atoms with van der Waals surface area (Å²) < 4.78 is 141. The Hall–Kier alpha value is -3.90. The molecule has 4 rings (SSSR count). The first-order chi connectivity index (χ1) is 23.8. The number of nitrogens with one attached hydrogen (secondary N) is 3. The SMILES string of the molecule is CC(=O)NS(=O)(=O)c1cc(OCC(F)(F)F)c(NCC#Cc2sc3c(NC4CCN(CC(O)CO)CC4F)cccc3c2CC(F)(F)F)cc1F. The second-order valence-electron chi connectivity index (χ2n) is 11.5. The maximum Gasteiger partial charge on any atom is 0.422 e. The number of carbonyl (C=O) groups excluding carboxylic acids is 1. The van der Waals surface area contributed by atoms with Crippen molar-refractivity contribution < 1.29 is 63.3 Å². The van der Waals surface area contributed by atoms with Crippen molar-refractivity contribution in [2.75, 3.05) is 50.0 Å². The van der Waals surface area contributed by atoms with E-state index in [1.807, 2.05) is 0 Å². The molecule has 0 radical (unpaired) electrons. The smallest absolute Gasteiger partial charge is 0.422 e. The van der Waals surface area contributed by atoms with Gasteiger partial charge in [0.1, 0.15) is 22.6 Å². The Balaban J connectivity index is 1.61. The minimum Gasteiger partial charge on any atom is -0.482 e. The van der Waals surface area contributed by atoms with Gasteiger partial charge in [-0.25, -0.2) is 21.9 Å². The summed E-state index contributed by atoms with van der Waals surface area (Å²) in [7, 11) is -4.83. The minimum atomic E-state index is -4.88. The number of likely N-dealkylation sites (tertiary alicyclic amines) is 1. The average molecular weight is 773 g/mol. The van der Waals surface area contributed by atoms with Crippen LogP contribution in [-0.2, 0) is 21.2 Å². The fraction of sp³-hybridized carbons (Fsp3) is 0.452. The number of piperidine rings is 1. The zero-order chi connectivity index (χ0) is 37.7. The number of hydrogen-bond donors (Lipinski definition) is 5. The Morgan fingerprint density at radius 1 is 1.16 bits per heavy atom. The van der Waals surface area contributed by atoms with Gasteiger partial charge in [-0.05, 0) is 23.4 Å². The van der Waals surface area contributed by atoms with E-state index in [-0.39, 0.29) is 28.9 Å². The fourth-order valence-electron chi connectivity index (χ4n) is 5.28. The molecule has 1 aliphatic rings. The van der Waals surface area contributed by atoms with E-state index in [0.29, 0.717) is 35.5 Å². The lowest BCUT2D eigenvalue weighted by atomic mass is 10.0. The largest absolute Gasteiger partial charge is 0.482 e. The molecule has 280 valence electrons. The summed E-state index contributed by atoms with van der Waals surface area (Å²) in [6.07, 6.45) is -13.0. The first-order valence-electron chi connectivity index (χ1n) is 15.1. The molecule has 3 unspecified atom stereocenters. The number of hydrogen-bond acceptors (Lipinski definition) is 10. The summed E-state index contributed by atoms with van der Waals surface area (Å²) in [5.41, 5.74) is -0.278. The van der Waals surface area contributed by atoms with Crippen LogP contribution in [0.2, 0.25) is 0 Å². The number of aliphatic hydroxyl groups excluding tert-OH is 2. The predicted octanol–water partition coefficient (Wildman–Crippen LogP) is 4.55. The Kier molecular flexibility index (Phi) is 12.7. The Morgan fingerprint density at radius 2 is 1.88 bits per heavy atom. The first kappa shape index (κ1) is 39.9. The summed E-state index contributed by atoms with van der Waals surface area (Å²) >= 11 is 0.897. The van der Waals surface area contributed by atoms with Crippen LogP contribution in [0.15, 0.2) is 35.2 Å². The number of halogens is 8. The molecule has 3 aromatic rings. The van der Waals surface area contributed by atoms with E-state index >= 15 is 4.39 Å². The van der Waals surface area contributed by atoms with Crippen molar-refractivity contribution in [2.24, 2.45) is 0 Å². The molecule has 2 heterocycles. The summed E-state index contributed by atoms with van der Waals surface area (Å²) in [4.78, 5) is 11.7. The van der Waals surface area contributed by atoms with E-state index in [9.17, 15) is 49.1 Å². The number of sulfonamides is 1. The van der Waals surface area contributed by atoms with Gasteiger partial charge in [-0.15, -0.1) is 11.3 Å². The van der Waals surface area contributed by atoms with Gasteiger partial charge in [0.15, 0.2) is 6.61 Å². The van der Waals surface area contributed by atoms with E-state index in [1.165, 1.54) is 16.9 Å². The third-order valence-corrected chi connectivity index (χ3v) is 10.0. The van der Waals surface area contributed by atoms with E-state index in [0.717, 1.165) is 18.3 Å².